The van der Waals surface area contributed by atoms with E-state index in [9.17, 15) is 4.79 Å². The van der Waals surface area contributed by atoms with Crippen LogP contribution in [0.25, 0.3) is 17.3 Å². The number of hydrogen-bond acceptors (Lipinski definition) is 5. The normalized spacial score (nSPS) is 11.6. The van der Waals surface area contributed by atoms with Gasteiger partial charge < -0.3 is 9.73 Å². The Labute approximate surface area is 169 Å². The summed E-state index contributed by atoms with van der Waals surface area (Å²) in [7, 11) is 0. The first kappa shape index (κ1) is 20.2. The van der Waals surface area contributed by atoms with E-state index in [1.54, 1.807) is 18.0 Å². The smallest absolute Gasteiger partial charge is 0.220 e. The quantitative estimate of drug-likeness (QED) is 0.464. The minimum absolute atomic E-state index is 0.0738. The Bertz CT molecular complexity index is 926. The number of carbonyl (C=O) groups is 1. The highest BCUT2D eigenvalue weighted by Gasteiger charge is 2.19. The fourth-order valence-electron chi connectivity index (χ4n) is 2.84. The molecule has 7 heteroatoms. The molecule has 2 heterocycles. The van der Waals surface area contributed by atoms with Crippen molar-refractivity contribution < 1.29 is 9.21 Å². The molecular formula is C21H26N4O2S. The Balaban J connectivity index is 1.75. The van der Waals surface area contributed by atoms with Crippen LogP contribution in [0.3, 0.4) is 0 Å². The number of hydrogen-bond donors (Lipinski definition) is 1. The molecule has 0 saturated carbocycles. The zero-order valence-electron chi connectivity index (χ0n) is 16.7. The van der Waals surface area contributed by atoms with Gasteiger partial charge in [-0.2, -0.15) is 0 Å². The highest BCUT2D eigenvalue weighted by Crippen LogP contribution is 2.30. The van der Waals surface area contributed by atoms with Gasteiger partial charge in [0.2, 0.25) is 11.7 Å². The molecule has 0 aliphatic carbocycles. The average Bonchev–Trinajstić information content (AvgIpc) is 3.27. The largest absolute Gasteiger partial charge is 0.461 e. The van der Waals surface area contributed by atoms with Gasteiger partial charge in [-0.05, 0) is 57.9 Å². The van der Waals surface area contributed by atoms with E-state index in [-0.39, 0.29) is 11.4 Å². The van der Waals surface area contributed by atoms with E-state index in [0.717, 1.165) is 28.6 Å². The van der Waals surface area contributed by atoms with Crippen LogP contribution < -0.4 is 5.32 Å². The Kier molecular flexibility index (Phi) is 6.24. The van der Waals surface area contributed by atoms with Crippen molar-refractivity contribution in [3.8, 4) is 17.3 Å². The summed E-state index contributed by atoms with van der Waals surface area (Å²) in [5.41, 5.74) is 1.95. The van der Waals surface area contributed by atoms with Gasteiger partial charge in [0, 0.05) is 17.7 Å². The molecule has 0 aliphatic rings. The van der Waals surface area contributed by atoms with Gasteiger partial charge in [0.1, 0.15) is 0 Å². The minimum atomic E-state index is -0.201. The van der Waals surface area contributed by atoms with Crippen molar-refractivity contribution in [2.24, 2.45) is 0 Å². The predicted molar refractivity (Wildman–Crippen MR) is 112 cm³/mol. The number of rotatable bonds is 7. The maximum Gasteiger partial charge on any atom is 0.220 e. The lowest BCUT2D eigenvalue weighted by molar-refractivity contribution is -0.122. The zero-order chi connectivity index (χ0) is 20.1. The van der Waals surface area contributed by atoms with Gasteiger partial charge in [0.15, 0.2) is 10.9 Å². The third kappa shape index (κ3) is 5.04. The SMILES string of the molecule is Cc1ccccc1-n1c(SCCCC(=O)NC(C)(C)C)nnc1-c1ccco1. The van der Waals surface area contributed by atoms with E-state index in [2.05, 4.69) is 28.5 Å². The van der Waals surface area contributed by atoms with E-state index in [4.69, 9.17) is 4.42 Å². The second-order valence-electron chi connectivity index (χ2n) is 7.66. The summed E-state index contributed by atoms with van der Waals surface area (Å²) < 4.78 is 7.57. The van der Waals surface area contributed by atoms with Gasteiger partial charge in [-0.1, -0.05) is 30.0 Å². The fraction of sp³-hybridized carbons (Fsp3) is 0.381. The predicted octanol–water partition coefficient (Wildman–Crippen LogP) is 4.62. The monoisotopic (exact) mass is 398 g/mol. The molecule has 148 valence electrons. The molecule has 3 aromatic rings. The number of nitrogens with zero attached hydrogens (tertiary/aromatic N) is 3. The van der Waals surface area contributed by atoms with Crippen LogP contribution in [0, 0.1) is 6.92 Å². The Morgan fingerprint density at radius 3 is 2.64 bits per heavy atom. The summed E-state index contributed by atoms with van der Waals surface area (Å²) in [6, 6.07) is 11.8. The highest BCUT2D eigenvalue weighted by atomic mass is 32.2. The van der Waals surface area contributed by atoms with Crippen LogP contribution >= 0.6 is 11.8 Å². The molecule has 0 spiro atoms. The van der Waals surface area contributed by atoms with Crippen LogP contribution in [0.15, 0.2) is 52.2 Å². The lowest BCUT2D eigenvalue weighted by Crippen LogP contribution is -2.40. The molecule has 0 bridgehead atoms. The molecule has 28 heavy (non-hydrogen) atoms. The Morgan fingerprint density at radius 2 is 1.96 bits per heavy atom. The fourth-order valence-corrected chi connectivity index (χ4v) is 3.72. The lowest BCUT2D eigenvalue weighted by atomic mass is 10.1. The maximum atomic E-state index is 12.0. The Morgan fingerprint density at radius 1 is 1.18 bits per heavy atom. The van der Waals surface area contributed by atoms with Crippen molar-refractivity contribution in [1.82, 2.24) is 20.1 Å². The van der Waals surface area contributed by atoms with Gasteiger partial charge in [-0.3, -0.25) is 9.36 Å². The first-order valence-corrected chi connectivity index (χ1v) is 10.3. The zero-order valence-corrected chi connectivity index (χ0v) is 17.5. The third-order valence-electron chi connectivity index (χ3n) is 4.03. The molecule has 0 radical (unpaired) electrons. The summed E-state index contributed by atoms with van der Waals surface area (Å²) in [4.78, 5) is 12.0. The number of para-hydroxylation sites is 1. The summed E-state index contributed by atoms with van der Waals surface area (Å²) in [5.74, 6) is 2.20. The van der Waals surface area contributed by atoms with Crippen molar-refractivity contribution in [2.45, 2.75) is 51.2 Å². The van der Waals surface area contributed by atoms with E-state index >= 15 is 0 Å². The molecular weight excluding hydrogens is 372 g/mol. The van der Waals surface area contributed by atoms with Crippen molar-refractivity contribution in [2.75, 3.05) is 5.75 Å². The number of aromatic nitrogens is 3. The van der Waals surface area contributed by atoms with Crippen LogP contribution in [0.2, 0.25) is 0 Å². The van der Waals surface area contributed by atoms with Crippen LogP contribution in [-0.2, 0) is 4.79 Å². The Hall–Kier alpha value is -2.54. The molecule has 1 amide bonds. The molecule has 0 fully saturated rings. The summed E-state index contributed by atoms with van der Waals surface area (Å²) in [6.07, 6.45) is 2.89. The number of furan rings is 1. The van der Waals surface area contributed by atoms with Gasteiger partial charge >= 0.3 is 0 Å². The van der Waals surface area contributed by atoms with Crippen LogP contribution in [-0.4, -0.2) is 32.0 Å². The van der Waals surface area contributed by atoms with E-state index in [0.29, 0.717) is 18.0 Å². The van der Waals surface area contributed by atoms with E-state index in [1.165, 1.54) is 0 Å². The van der Waals surface area contributed by atoms with E-state index < -0.39 is 0 Å². The second kappa shape index (κ2) is 8.65. The summed E-state index contributed by atoms with van der Waals surface area (Å²) >= 11 is 1.60. The van der Waals surface area contributed by atoms with Crippen molar-refractivity contribution in [3.63, 3.8) is 0 Å². The second-order valence-corrected chi connectivity index (χ2v) is 8.72. The maximum absolute atomic E-state index is 12.0. The number of nitrogens with one attached hydrogen (secondary N) is 1. The average molecular weight is 399 g/mol. The highest BCUT2D eigenvalue weighted by molar-refractivity contribution is 7.99. The first-order valence-electron chi connectivity index (χ1n) is 9.34. The summed E-state index contributed by atoms with van der Waals surface area (Å²) in [6.45, 7) is 8.02. The van der Waals surface area contributed by atoms with Crippen molar-refractivity contribution >= 4 is 17.7 Å². The van der Waals surface area contributed by atoms with Gasteiger partial charge in [-0.25, -0.2) is 0 Å². The molecule has 2 aromatic heterocycles. The summed E-state index contributed by atoms with van der Waals surface area (Å²) in [5, 5.41) is 12.5. The van der Waals surface area contributed by atoms with E-state index in [1.807, 2.05) is 55.7 Å². The van der Waals surface area contributed by atoms with Crippen LogP contribution in [0.5, 0.6) is 0 Å². The molecule has 3 rings (SSSR count). The lowest BCUT2D eigenvalue weighted by Gasteiger charge is -2.20. The topological polar surface area (TPSA) is 73.0 Å². The molecule has 0 atom stereocenters. The number of carbonyl (C=O) groups excluding carboxylic acids is 1. The number of thioether (sulfide) groups is 1. The number of aryl methyl sites for hydroxylation is 1. The van der Waals surface area contributed by atoms with Crippen molar-refractivity contribution in [3.05, 3.63) is 48.2 Å². The molecule has 0 saturated heterocycles. The van der Waals surface area contributed by atoms with Gasteiger partial charge in [-0.15, -0.1) is 10.2 Å². The van der Waals surface area contributed by atoms with Crippen LogP contribution in [0.4, 0.5) is 0 Å². The minimum Gasteiger partial charge on any atom is -0.461 e. The molecule has 0 unspecified atom stereocenters. The molecule has 0 aliphatic heterocycles. The van der Waals surface area contributed by atoms with Gasteiger partial charge in [0.25, 0.3) is 0 Å². The molecule has 6 nitrogen and oxygen atoms in total. The standard InChI is InChI=1S/C21H26N4O2S/c1-15-9-5-6-10-16(15)25-19(17-11-7-13-27-17)23-24-20(25)28-14-8-12-18(26)22-21(2,3)4/h5-7,9-11,13H,8,12,14H2,1-4H3,(H,22,26). The number of amides is 1. The third-order valence-corrected chi connectivity index (χ3v) is 5.04. The van der Waals surface area contributed by atoms with Crippen molar-refractivity contribution in [1.29, 1.82) is 0 Å². The van der Waals surface area contributed by atoms with Gasteiger partial charge in [0.05, 0.1) is 12.0 Å². The first-order chi connectivity index (χ1) is 13.3. The number of benzene rings is 1. The molecule has 1 aromatic carbocycles. The molecule has 1 N–H and O–H groups in total. The van der Waals surface area contributed by atoms with Crippen LogP contribution in [0.1, 0.15) is 39.2 Å².